The molecule has 0 aromatic rings. The number of carbonyl (C=O) groups is 1. The Morgan fingerprint density at radius 1 is 1.09 bits per heavy atom. The summed E-state index contributed by atoms with van der Waals surface area (Å²) in [5, 5.41) is 0. The van der Waals surface area contributed by atoms with Crippen LogP contribution in [0.5, 0.6) is 0 Å². The Morgan fingerprint density at radius 3 is 2.61 bits per heavy atom. The van der Waals surface area contributed by atoms with Crippen LogP contribution in [0.15, 0.2) is 23.8 Å². The Bertz CT molecular complexity index is 585. The second kappa shape index (κ2) is 5.07. The van der Waals surface area contributed by atoms with Gasteiger partial charge < -0.3 is 0 Å². The average Bonchev–Trinajstić information content (AvgIpc) is 2.85. The van der Waals surface area contributed by atoms with Gasteiger partial charge in [-0.05, 0) is 86.9 Å². The fraction of sp³-hybridized carbons (Fsp3) is 0.773. The van der Waals surface area contributed by atoms with E-state index < -0.39 is 0 Å². The molecule has 0 aromatic heterocycles. The van der Waals surface area contributed by atoms with Crippen LogP contribution in [0.25, 0.3) is 0 Å². The number of rotatable bonds is 1. The van der Waals surface area contributed by atoms with Gasteiger partial charge >= 0.3 is 0 Å². The maximum atomic E-state index is 12.2. The van der Waals surface area contributed by atoms with Crippen LogP contribution in [0, 0.1) is 34.5 Å². The lowest BCUT2D eigenvalue weighted by atomic mass is 9.46. The normalized spacial score (nSPS) is 49.0. The SMILES string of the molecule is C=C1C=C2CCC3C4CCC(C(C)=O)[C@@]4(C)CCC3[C@@]2(C)CC1. The van der Waals surface area contributed by atoms with Gasteiger partial charge in [0.2, 0.25) is 0 Å². The average molecular weight is 312 g/mol. The number of allylic oxidation sites excluding steroid dienone is 3. The first-order valence-electron chi connectivity index (χ1n) is 9.75. The largest absolute Gasteiger partial charge is 0.300 e. The molecule has 23 heavy (non-hydrogen) atoms. The van der Waals surface area contributed by atoms with Crippen molar-refractivity contribution in [3.05, 3.63) is 23.8 Å². The number of hydrogen-bond donors (Lipinski definition) is 0. The summed E-state index contributed by atoms with van der Waals surface area (Å²) in [6.07, 6.45) is 12.6. The van der Waals surface area contributed by atoms with E-state index in [1.807, 2.05) is 6.92 Å². The molecule has 0 bridgehead atoms. The number of carbonyl (C=O) groups excluding carboxylic acids is 1. The summed E-state index contributed by atoms with van der Waals surface area (Å²) in [5.74, 6) is 3.28. The Hall–Kier alpha value is -0.850. The van der Waals surface area contributed by atoms with Gasteiger partial charge in [-0.2, -0.15) is 0 Å². The van der Waals surface area contributed by atoms with Gasteiger partial charge in [0, 0.05) is 5.92 Å². The molecule has 126 valence electrons. The molecule has 3 fully saturated rings. The molecule has 0 N–H and O–H groups in total. The van der Waals surface area contributed by atoms with E-state index in [-0.39, 0.29) is 0 Å². The van der Waals surface area contributed by atoms with Crippen LogP contribution < -0.4 is 0 Å². The highest BCUT2D eigenvalue weighted by atomic mass is 16.1. The minimum absolute atomic E-state index is 0.294. The van der Waals surface area contributed by atoms with Gasteiger partial charge in [-0.1, -0.05) is 37.6 Å². The van der Waals surface area contributed by atoms with Crippen molar-refractivity contribution in [3.8, 4) is 0 Å². The van der Waals surface area contributed by atoms with E-state index in [1.54, 1.807) is 5.57 Å². The Kier molecular flexibility index (Phi) is 3.45. The summed E-state index contributed by atoms with van der Waals surface area (Å²) in [7, 11) is 0. The molecular formula is C22H32O. The Balaban J connectivity index is 1.67. The van der Waals surface area contributed by atoms with E-state index in [0.717, 1.165) is 24.2 Å². The molecule has 1 nitrogen and oxygen atoms in total. The molecule has 0 heterocycles. The highest BCUT2D eigenvalue weighted by Gasteiger charge is 2.59. The number of hydrogen-bond acceptors (Lipinski definition) is 1. The van der Waals surface area contributed by atoms with Crippen molar-refractivity contribution < 1.29 is 4.79 Å². The fourth-order valence-corrected chi connectivity index (χ4v) is 7.32. The first-order chi connectivity index (χ1) is 10.9. The lowest BCUT2D eigenvalue weighted by molar-refractivity contribution is -0.127. The third-order valence-electron chi connectivity index (χ3n) is 8.57. The Labute approximate surface area is 141 Å². The van der Waals surface area contributed by atoms with E-state index in [1.165, 1.54) is 50.5 Å². The topological polar surface area (TPSA) is 17.1 Å². The lowest BCUT2D eigenvalue weighted by Gasteiger charge is -2.58. The molecule has 0 radical (unpaired) electrons. The molecule has 3 saturated carbocycles. The molecule has 4 unspecified atom stereocenters. The zero-order chi connectivity index (χ0) is 16.4. The summed E-state index contributed by atoms with van der Waals surface area (Å²) < 4.78 is 0. The van der Waals surface area contributed by atoms with Crippen molar-refractivity contribution in [3.63, 3.8) is 0 Å². The molecule has 0 amide bonds. The van der Waals surface area contributed by atoms with E-state index in [9.17, 15) is 4.79 Å². The minimum Gasteiger partial charge on any atom is -0.300 e. The minimum atomic E-state index is 0.294. The van der Waals surface area contributed by atoms with Crippen LogP contribution in [0.3, 0.4) is 0 Å². The first-order valence-corrected chi connectivity index (χ1v) is 9.75. The molecule has 0 aliphatic heterocycles. The molecule has 0 saturated heterocycles. The molecule has 4 rings (SSSR count). The van der Waals surface area contributed by atoms with Crippen LogP contribution in [-0.2, 0) is 4.79 Å². The predicted molar refractivity (Wildman–Crippen MR) is 95.0 cm³/mol. The van der Waals surface area contributed by atoms with Crippen molar-refractivity contribution in [2.75, 3.05) is 0 Å². The summed E-state index contributed by atoms with van der Waals surface area (Å²) in [5.41, 5.74) is 3.75. The van der Waals surface area contributed by atoms with Crippen LogP contribution >= 0.6 is 0 Å². The molecular weight excluding hydrogens is 280 g/mol. The van der Waals surface area contributed by atoms with E-state index in [4.69, 9.17) is 0 Å². The Morgan fingerprint density at radius 2 is 1.87 bits per heavy atom. The van der Waals surface area contributed by atoms with Crippen molar-refractivity contribution in [1.82, 2.24) is 0 Å². The highest BCUT2D eigenvalue weighted by Crippen LogP contribution is 2.66. The molecule has 0 aromatic carbocycles. The van der Waals surface area contributed by atoms with Gasteiger partial charge in [0.15, 0.2) is 0 Å². The first kappa shape index (κ1) is 15.7. The van der Waals surface area contributed by atoms with Crippen LogP contribution in [0.4, 0.5) is 0 Å². The second-order valence-corrected chi connectivity index (χ2v) is 9.45. The standard InChI is InChI=1S/C22H32O/c1-14-9-11-21(3)16(13-14)5-6-17-19-8-7-18(15(2)23)22(19,4)12-10-20(17)21/h13,17-20H,1,5-12H2,2-4H3/t17?,18?,19?,20?,21-,22+/m0/s1. The van der Waals surface area contributed by atoms with Crippen LogP contribution in [0.1, 0.15) is 72.1 Å². The van der Waals surface area contributed by atoms with Gasteiger partial charge in [-0.3, -0.25) is 4.79 Å². The third kappa shape index (κ3) is 2.07. The van der Waals surface area contributed by atoms with Crippen molar-refractivity contribution in [2.45, 2.75) is 72.1 Å². The van der Waals surface area contributed by atoms with Gasteiger partial charge in [0.1, 0.15) is 5.78 Å². The van der Waals surface area contributed by atoms with Gasteiger partial charge in [-0.15, -0.1) is 0 Å². The molecule has 0 spiro atoms. The highest BCUT2D eigenvalue weighted by molar-refractivity contribution is 5.79. The number of Topliss-reactive ketones (excluding diaryl/α,β-unsaturated/α-hetero) is 1. The molecule has 1 heteroatoms. The molecule has 4 aliphatic rings. The zero-order valence-electron chi connectivity index (χ0n) is 15.2. The van der Waals surface area contributed by atoms with Crippen molar-refractivity contribution in [2.24, 2.45) is 34.5 Å². The maximum Gasteiger partial charge on any atom is 0.133 e. The van der Waals surface area contributed by atoms with Gasteiger partial charge in [0.25, 0.3) is 0 Å². The van der Waals surface area contributed by atoms with Crippen LogP contribution in [0.2, 0.25) is 0 Å². The smallest absolute Gasteiger partial charge is 0.133 e. The number of ketones is 1. The molecule has 4 aliphatic carbocycles. The van der Waals surface area contributed by atoms with E-state index in [2.05, 4.69) is 26.5 Å². The third-order valence-corrected chi connectivity index (χ3v) is 8.57. The lowest BCUT2D eigenvalue weighted by Crippen LogP contribution is -2.50. The predicted octanol–water partition coefficient (Wildman–Crippen LogP) is 5.71. The van der Waals surface area contributed by atoms with Crippen molar-refractivity contribution in [1.29, 1.82) is 0 Å². The summed E-state index contributed by atoms with van der Waals surface area (Å²) in [6.45, 7) is 11.0. The summed E-state index contributed by atoms with van der Waals surface area (Å²) >= 11 is 0. The maximum absolute atomic E-state index is 12.2. The van der Waals surface area contributed by atoms with Crippen LogP contribution in [-0.4, -0.2) is 5.78 Å². The van der Waals surface area contributed by atoms with E-state index >= 15 is 0 Å². The number of fused-ring (bicyclic) bond motifs is 5. The van der Waals surface area contributed by atoms with E-state index in [0.29, 0.717) is 22.5 Å². The summed E-state index contributed by atoms with van der Waals surface area (Å²) in [4.78, 5) is 12.2. The van der Waals surface area contributed by atoms with Gasteiger partial charge in [-0.25, -0.2) is 0 Å². The second-order valence-electron chi connectivity index (χ2n) is 9.45. The monoisotopic (exact) mass is 312 g/mol. The molecule has 6 atom stereocenters. The quantitative estimate of drug-likeness (QED) is 0.606. The van der Waals surface area contributed by atoms with Gasteiger partial charge in [0.05, 0.1) is 0 Å². The fourth-order valence-electron chi connectivity index (χ4n) is 7.32. The zero-order valence-corrected chi connectivity index (χ0v) is 15.2. The summed E-state index contributed by atoms with van der Waals surface area (Å²) in [6, 6.07) is 0. The van der Waals surface area contributed by atoms with Crippen molar-refractivity contribution >= 4 is 5.78 Å².